The van der Waals surface area contributed by atoms with Crippen molar-refractivity contribution in [1.29, 1.82) is 0 Å². The van der Waals surface area contributed by atoms with Gasteiger partial charge in [0.25, 0.3) is 0 Å². The summed E-state index contributed by atoms with van der Waals surface area (Å²) in [6.07, 6.45) is 9.99. The number of carbonyl (C=O) groups excluding carboxylic acids is 2. The maximum atomic E-state index is 12.4. The van der Waals surface area contributed by atoms with Crippen LogP contribution in [0.15, 0.2) is 60.0 Å². The van der Waals surface area contributed by atoms with Crippen LogP contribution in [0.3, 0.4) is 0 Å². The lowest BCUT2D eigenvalue weighted by Crippen LogP contribution is -2.27. The van der Waals surface area contributed by atoms with Crippen molar-refractivity contribution < 1.29 is 28.5 Å². The van der Waals surface area contributed by atoms with Crippen LogP contribution < -0.4 is 9.64 Å². The molecule has 0 N–H and O–H groups in total. The van der Waals surface area contributed by atoms with Crippen LogP contribution in [-0.4, -0.2) is 45.5 Å². The average Bonchev–Trinajstić information content (AvgIpc) is 3.00. The molecule has 7 heteroatoms. The number of esters is 2. The molecule has 0 aromatic heterocycles. The molecular formula is C22H25NO6. The zero-order valence-electron chi connectivity index (χ0n) is 16.6. The van der Waals surface area contributed by atoms with Gasteiger partial charge in [0.2, 0.25) is 0 Å². The molecule has 1 saturated heterocycles. The minimum absolute atomic E-state index is 0.0774. The highest BCUT2D eigenvalue weighted by atomic mass is 16.5. The minimum atomic E-state index is -0.642. The van der Waals surface area contributed by atoms with Crippen molar-refractivity contribution in [3.8, 4) is 5.75 Å². The Balaban J connectivity index is 1.81. The van der Waals surface area contributed by atoms with E-state index in [4.69, 9.17) is 18.9 Å². The number of carbonyl (C=O) groups is 2. The number of nitrogens with zero attached hydrogens (tertiary/aromatic N) is 1. The first-order chi connectivity index (χ1) is 14.1. The molecule has 29 heavy (non-hydrogen) atoms. The van der Waals surface area contributed by atoms with Gasteiger partial charge in [-0.1, -0.05) is 6.08 Å². The number of benzene rings is 1. The highest BCUT2D eigenvalue weighted by Gasteiger charge is 2.27. The topological polar surface area (TPSA) is 74.3 Å². The first-order valence-corrected chi connectivity index (χ1v) is 9.53. The molecule has 0 aliphatic carbocycles. The fourth-order valence-corrected chi connectivity index (χ4v) is 3.20. The van der Waals surface area contributed by atoms with Gasteiger partial charge in [-0.05, 0) is 55.7 Å². The van der Waals surface area contributed by atoms with E-state index in [1.54, 1.807) is 23.3 Å². The molecule has 2 aliphatic rings. The van der Waals surface area contributed by atoms with Gasteiger partial charge in [-0.25, -0.2) is 9.59 Å². The Morgan fingerprint density at radius 1 is 1.07 bits per heavy atom. The van der Waals surface area contributed by atoms with Crippen LogP contribution in [0, 0.1) is 0 Å². The molecule has 2 aliphatic heterocycles. The van der Waals surface area contributed by atoms with E-state index in [0.717, 1.165) is 25.9 Å². The summed E-state index contributed by atoms with van der Waals surface area (Å²) >= 11 is 0. The highest BCUT2D eigenvalue weighted by Crippen LogP contribution is 2.28. The van der Waals surface area contributed by atoms with Crippen LogP contribution >= 0.6 is 0 Å². The van der Waals surface area contributed by atoms with Gasteiger partial charge >= 0.3 is 11.9 Å². The summed E-state index contributed by atoms with van der Waals surface area (Å²) in [7, 11) is 2.54. The van der Waals surface area contributed by atoms with Gasteiger partial charge in [-0.3, -0.25) is 0 Å². The molecule has 0 bridgehead atoms. The van der Waals surface area contributed by atoms with Crippen LogP contribution in [-0.2, 0) is 23.8 Å². The molecule has 2 heterocycles. The smallest absolute Gasteiger partial charge is 0.355 e. The molecule has 0 saturated carbocycles. The SMILES string of the molecule is COC(=O)C1=C(C(=O)OC)N(c2ccc(OCC3CCCCO3)cc2)C=CC=C1. The minimum Gasteiger partial charge on any atom is -0.491 e. The monoisotopic (exact) mass is 399 g/mol. The zero-order chi connectivity index (χ0) is 20.6. The van der Waals surface area contributed by atoms with Crippen molar-refractivity contribution >= 4 is 17.6 Å². The molecule has 0 radical (unpaired) electrons. The Kier molecular flexibility index (Phi) is 7.08. The molecule has 3 rings (SSSR count). The van der Waals surface area contributed by atoms with Crippen molar-refractivity contribution in [1.82, 2.24) is 0 Å². The Bertz CT molecular complexity index is 818. The summed E-state index contributed by atoms with van der Waals surface area (Å²) in [5, 5.41) is 0. The van der Waals surface area contributed by atoms with Gasteiger partial charge in [0, 0.05) is 18.5 Å². The zero-order valence-corrected chi connectivity index (χ0v) is 16.6. The molecule has 1 aromatic rings. The van der Waals surface area contributed by atoms with E-state index >= 15 is 0 Å². The van der Waals surface area contributed by atoms with Crippen molar-refractivity contribution in [3.63, 3.8) is 0 Å². The van der Waals surface area contributed by atoms with Gasteiger partial charge in [-0.15, -0.1) is 0 Å². The summed E-state index contributed by atoms with van der Waals surface area (Å²) in [6, 6.07) is 7.25. The number of anilines is 1. The fourth-order valence-electron chi connectivity index (χ4n) is 3.20. The van der Waals surface area contributed by atoms with Crippen LogP contribution in [0.25, 0.3) is 0 Å². The summed E-state index contributed by atoms with van der Waals surface area (Å²) in [5.74, 6) is -0.559. The Hall–Kier alpha value is -3.06. The van der Waals surface area contributed by atoms with Gasteiger partial charge in [0.1, 0.15) is 18.1 Å². The van der Waals surface area contributed by atoms with Crippen molar-refractivity contribution in [2.45, 2.75) is 25.4 Å². The van der Waals surface area contributed by atoms with E-state index in [9.17, 15) is 9.59 Å². The van der Waals surface area contributed by atoms with E-state index in [1.807, 2.05) is 24.3 Å². The van der Waals surface area contributed by atoms with Crippen LogP contribution in [0.2, 0.25) is 0 Å². The normalized spacial score (nSPS) is 19.0. The van der Waals surface area contributed by atoms with Crippen LogP contribution in [0.5, 0.6) is 5.75 Å². The van der Waals surface area contributed by atoms with Gasteiger partial charge in [-0.2, -0.15) is 0 Å². The second-order valence-corrected chi connectivity index (χ2v) is 6.61. The van der Waals surface area contributed by atoms with Crippen LogP contribution in [0.1, 0.15) is 19.3 Å². The molecule has 1 atom stereocenters. The quantitative estimate of drug-likeness (QED) is 0.681. The number of rotatable bonds is 6. The third kappa shape index (κ3) is 5.06. The first-order valence-electron chi connectivity index (χ1n) is 9.53. The molecule has 1 aromatic carbocycles. The Morgan fingerprint density at radius 2 is 1.83 bits per heavy atom. The molecule has 0 spiro atoms. The predicted octanol–water partition coefficient (Wildman–Crippen LogP) is 3.12. The number of methoxy groups -OCH3 is 2. The Labute approximate surface area is 170 Å². The van der Waals surface area contributed by atoms with E-state index < -0.39 is 11.9 Å². The predicted molar refractivity (Wildman–Crippen MR) is 107 cm³/mol. The van der Waals surface area contributed by atoms with Crippen LogP contribution in [0.4, 0.5) is 5.69 Å². The lowest BCUT2D eigenvalue weighted by molar-refractivity contribution is -0.139. The van der Waals surface area contributed by atoms with E-state index in [-0.39, 0.29) is 17.4 Å². The molecule has 1 fully saturated rings. The second-order valence-electron chi connectivity index (χ2n) is 6.61. The molecule has 7 nitrogen and oxygen atoms in total. The second kappa shape index (κ2) is 9.93. The summed E-state index contributed by atoms with van der Waals surface area (Å²) < 4.78 is 21.2. The third-order valence-corrected chi connectivity index (χ3v) is 4.71. The largest absolute Gasteiger partial charge is 0.491 e. The van der Waals surface area contributed by atoms with E-state index in [2.05, 4.69) is 0 Å². The number of hydrogen-bond acceptors (Lipinski definition) is 7. The van der Waals surface area contributed by atoms with Gasteiger partial charge in [0.15, 0.2) is 0 Å². The molecular weight excluding hydrogens is 374 g/mol. The van der Waals surface area contributed by atoms with E-state index in [1.165, 1.54) is 20.3 Å². The third-order valence-electron chi connectivity index (χ3n) is 4.71. The first kappa shape index (κ1) is 20.7. The summed E-state index contributed by atoms with van der Waals surface area (Å²) in [4.78, 5) is 26.2. The highest BCUT2D eigenvalue weighted by molar-refractivity contribution is 6.05. The Morgan fingerprint density at radius 3 is 2.48 bits per heavy atom. The summed E-state index contributed by atoms with van der Waals surface area (Å²) in [6.45, 7) is 1.29. The molecule has 1 unspecified atom stereocenters. The van der Waals surface area contributed by atoms with Gasteiger partial charge in [0.05, 0.1) is 25.9 Å². The van der Waals surface area contributed by atoms with Crippen molar-refractivity contribution in [2.75, 3.05) is 32.3 Å². The van der Waals surface area contributed by atoms with Gasteiger partial charge < -0.3 is 23.8 Å². The summed E-state index contributed by atoms with van der Waals surface area (Å²) in [5.41, 5.74) is 0.862. The van der Waals surface area contributed by atoms with Crippen molar-refractivity contribution in [3.05, 3.63) is 60.0 Å². The number of hydrogen-bond donors (Lipinski definition) is 0. The lowest BCUT2D eigenvalue weighted by Gasteiger charge is -2.24. The van der Waals surface area contributed by atoms with Crippen molar-refractivity contribution in [2.24, 2.45) is 0 Å². The molecule has 0 amide bonds. The molecule has 154 valence electrons. The standard InChI is InChI=1S/C22H25NO6/c1-26-21(24)19-8-3-5-13-23(20(19)22(25)27-2)16-9-11-17(12-10-16)29-15-18-7-4-6-14-28-18/h3,5,8-13,18H,4,6-7,14-15H2,1-2H3. The lowest BCUT2D eigenvalue weighted by atomic mass is 10.1. The average molecular weight is 399 g/mol. The number of allylic oxidation sites excluding steroid dienone is 2. The fraction of sp³-hybridized carbons (Fsp3) is 0.364. The maximum absolute atomic E-state index is 12.4. The number of ether oxygens (including phenoxy) is 4. The maximum Gasteiger partial charge on any atom is 0.355 e. The van der Waals surface area contributed by atoms with E-state index in [0.29, 0.717) is 18.0 Å².